The van der Waals surface area contributed by atoms with Crippen molar-refractivity contribution in [3.05, 3.63) is 87.7 Å². The highest BCUT2D eigenvalue weighted by Gasteiger charge is 2.27. The quantitative estimate of drug-likeness (QED) is 0.561. The first-order chi connectivity index (χ1) is 14.6. The number of carbonyl (C=O) groups is 1. The second-order valence-electron chi connectivity index (χ2n) is 7.26. The maximum atomic E-state index is 13.3. The zero-order valence-corrected chi connectivity index (χ0v) is 18.3. The number of rotatable bonds is 6. The third-order valence-electron chi connectivity index (χ3n) is 5.22. The van der Waals surface area contributed by atoms with Crippen LogP contribution in [0.1, 0.15) is 39.3 Å². The molecule has 154 valence electrons. The van der Waals surface area contributed by atoms with Crippen molar-refractivity contribution < 1.29 is 9.90 Å². The molecule has 0 fully saturated rings. The fourth-order valence-corrected chi connectivity index (χ4v) is 5.06. The Kier molecular flexibility index (Phi) is 6.32. The van der Waals surface area contributed by atoms with E-state index in [0.717, 1.165) is 50.0 Å². The van der Waals surface area contributed by atoms with Crippen LogP contribution in [0.15, 0.2) is 69.4 Å². The van der Waals surface area contributed by atoms with Crippen LogP contribution in [0.5, 0.6) is 0 Å². The fraction of sp³-hybridized carbons (Fsp3) is 0.208. The molecule has 1 amide bonds. The molecule has 0 spiro atoms. The molecule has 4 nitrogen and oxygen atoms in total. The summed E-state index contributed by atoms with van der Waals surface area (Å²) < 4.78 is 2.00. The summed E-state index contributed by atoms with van der Waals surface area (Å²) in [6.07, 6.45) is 3.60. The average Bonchev–Trinajstić information content (AvgIpc) is 3.03. The standard InChI is InChI=1S/C24H23ClN2O2S/c1-27-21-11-10-18(25)13-20(21)23(30-19-8-3-2-4-9-19)22(27)24(29)26-14-16-6-5-7-17(12-16)15-28/h2-9,12-13,28H,10-11,14-15H2,1H3,(H,26,29). The predicted octanol–water partition coefficient (Wildman–Crippen LogP) is 5.12. The number of aliphatic hydroxyl groups is 1. The number of aromatic nitrogens is 1. The Morgan fingerprint density at radius 2 is 1.90 bits per heavy atom. The maximum absolute atomic E-state index is 13.3. The van der Waals surface area contributed by atoms with E-state index in [9.17, 15) is 9.90 Å². The van der Waals surface area contributed by atoms with Crippen molar-refractivity contribution in [3.8, 4) is 0 Å². The van der Waals surface area contributed by atoms with E-state index in [-0.39, 0.29) is 12.5 Å². The maximum Gasteiger partial charge on any atom is 0.269 e. The third-order valence-corrected chi connectivity index (χ3v) is 6.64. The Labute approximate surface area is 185 Å². The zero-order valence-electron chi connectivity index (χ0n) is 16.7. The Bertz CT molecular complexity index is 1110. The number of aliphatic hydroxyl groups excluding tert-OH is 1. The van der Waals surface area contributed by atoms with E-state index in [1.165, 1.54) is 0 Å². The summed E-state index contributed by atoms with van der Waals surface area (Å²) in [6, 6.07) is 17.6. The molecule has 1 aliphatic carbocycles. The molecule has 0 unspecified atom stereocenters. The Balaban J connectivity index is 1.66. The van der Waals surface area contributed by atoms with Crippen LogP contribution in [0, 0.1) is 0 Å². The normalized spacial score (nSPS) is 13.0. The number of allylic oxidation sites excluding steroid dienone is 1. The summed E-state index contributed by atoms with van der Waals surface area (Å²) in [5.41, 5.74) is 4.60. The largest absolute Gasteiger partial charge is 0.392 e. The summed E-state index contributed by atoms with van der Waals surface area (Å²) in [5.74, 6) is -0.121. The number of benzene rings is 2. The lowest BCUT2D eigenvalue weighted by Gasteiger charge is -2.11. The van der Waals surface area contributed by atoms with Crippen LogP contribution < -0.4 is 5.32 Å². The van der Waals surface area contributed by atoms with E-state index >= 15 is 0 Å². The van der Waals surface area contributed by atoms with Crippen molar-refractivity contribution in [1.29, 1.82) is 0 Å². The number of carbonyl (C=O) groups excluding carboxylic acids is 1. The number of hydrogen-bond acceptors (Lipinski definition) is 3. The van der Waals surface area contributed by atoms with Crippen LogP contribution in [0.25, 0.3) is 6.08 Å². The fourth-order valence-electron chi connectivity index (χ4n) is 3.71. The van der Waals surface area contributed by atoms with Crippen LogP contribution >= 0.6 is 23.4 Å². The Morgan fingerprint density at radius 1 is 1.13 bits per heavy atom. The molecule has 0 radical (unpaired) electrons. The molecule has 0 atom stereocenters. The van der Waals surface area contributed by atoms with E-state index in [1.54, 1.807) is 11.8 Å². The van der Waals surface area contributed by atoms with Crippen LogP contribution in [-0.2, 0) is 26.6 Å². The minimum atomic E-state index is -0.121. The highest BCUT2D eigenvalue weighted by molar-refractivity contribution is 7.99. The van der Waals surface area contributed by atoms with Gasteiger partial charge in [0, 0.05) is 34.8 Å². The summed E-state index contributed by atoms with van der Waals surface area (Å²) in [4.78, 5) is 15.3. The first-order valence-corrected chi connectivity index (χ1v) is 11.0. The van der Waals surface area contributed by atoms with Crippen LogP contribution in [0.3, 0.4) is 0 Å². The summed E-state index contributed by atoms with van der Waals surface area (Å²) >= 11 is 7.94. The molecular formula is C24H23ClN2O2S. The lowest BCUT2D eigenvalue weighted by atomic mass is 10.1. The number of fused-ring (bicyclic) bond motifs is 1. The van der Waals surface area contributed by atoms with Gasteiger partial charge >= 0.3 is 0 Å². The van der Waals surface area contributed by atoms with Gasteiger partial charge in [-0.05, 0) is 42.2 Å². The van der Waals surface area contributed by atoms with E-state index in [1.807, 2.05) is 72.3 Å². The van der Waals surface area contributed by atoms with E-state index in [0.29, 0.717) is 12.2 Å². The smallest absolute Gasteiger partial charge is 0.269 e. The zero-order chi connectivity index (χ0) is 21.1. The van der Waals surface area contributed by atoms with Crippen molar-refractivity contribution >= 4 is 35.3 Å². The molecule has 2 N–H and O–H groups in total. The van der Waals surface area contributed by atoms with Gasteiger partial charge in [0.2, 0.25) is 0 Å². The molecule has 30 heavy (non-hydrogen) atoms. The summed E-state index contributed by atoms with van der Waals surface area (Å²) in [7, 11) is 1.95. The number of amides is 1. The minimum absolute atomic E-state index is 0.0166. The summed E-state index contributed by atoms with van der Waals surface area (Å²) in [6.45, 7) is 0.381. The molecule has 0 bridgehead atoms. The molecule has 1 aromatic heterocycles. The van der Waals surface area contributed by atoms with Crippen LogP contribution in [0.4, 0.5) is 0 Å². The molecule has 4 rings (SSSR count). The van der Waals surface area contributed by atoms with Gasteiger partial charge in [-0.1, -0.05) is 65.8 Å². The molecule has 0 saturated heterocycles. The van der Waals surface area contributed by atoms with Gasteiger partial charge in [-0.25, -0.2) is 0 Å². The van der Waals surface area contributed by atoms with Gasteiger partial charge in [0.25, 0.3) is 5.91 Å². The van der Waals surface area contributed by atoms with Crippen molar-refractivity contribution in [2.75, 3.05) is 0 Å². The van der Waals surface area contributed by atoms with Crippen molar-refractivity contribution in [3.63, 3.8) is 0 Å². The molecule has 1 aliphatic rings. The number of halogens is 1. The first kappa shape index (κ1) is 20.8. The highest BCUT2D eigenvalue weighted by atomic mass is 35.5. The van der Waals surface area contributed by atoms with Crippen LogP contribution in [-0.4, -0.2) is 15.6 Å². The number of hydrogen-bond donors (Lipinski definition) is 2. The molecule has 6 heteroatoms. The lowest BCUT2D eigenvalue weighted by molar-refractivity contribution is 0.0939. The Morgan fingerprint density at radius 3 is 2.67 bits per heavy atom. The van der Waals surface area contributed by atoms with Gasteiger partial charge < -0.3 is 15.0 Å². The predicted molar refractivity (Wildman–Crippen MR) is 122 cm³/mol. The first-order valence-electron chi connectivity index (χ1n) is 9.84. The molecule has 3 aromatic rings. The SMILES string of the molecule is Cn1c2c(c(Sc3ccccc3)c1C(=O)NCc1cccc(CO)c1)C=C(Cl)CC2. The van der Waals surface area contributed by atoms with Gasteiger partial charge in [0.15, 0.2) is 0 Å². The van der Waals surface area contributed by atoms with Gasteiger partial charge in [0.1, 0.15) is 5.69 Å². The molecular weight excluding hydrogens is 416 g/mol. The molecule has 0 saturated carbocycles. The van der Waals surface area contributed by atoms with Crippen molar-refractivity contribution in [2.24, 2.45) is 7.05 Å². The average molecular weight is 439 g/mol. The van der Waals surface area contributed by atoms with Crippen molar-refractivity contribution in [1.82, 2.24) is 9.88 Å². The van der Waals surface area contributed by atoms with Gasteiger partial charge in [-0.3, -0.25) is 4.79 Å². The van der Waals surface area contributed by atoms with Gasteiger partial charge in [0.05, 0.1) is 11.5 Å². The molecule has 2 aromatic carbocycles. The second kappa shape index (κ2) is 9.13. The second-order valence-corrected chi connectivity index (χ2v) is 8.83. The molecule has 1 heterocycles. The number of nitrogens with zero attached hydrogens (tertiary/aromatic N) is 1. The van der Waals surface area contributed by atoms with Gasteiger partial charge in [-0.15, -0.1) is 0 Å². The molecule has 0 aliphatic heterocycles. The minimum Gasteiger partial charge on any atom is -0.392 e. The summed E-state index contributed by atoms with van der Waals surface area (Å²) in [5, 5.41) is 13.2. The van der Waals surface area contributed by atoms with E-state index < -0.39 is 0 Å². The lowest BCUT2D eigenvalue weighted by Crippen LogP contribution is -2.25. The van der Waals surface area contributed by atoms with Gasteiger partial charge in [-0.2, -0.15) is 0 Å². The Hall–Kier alpha value is -2.47. The monoisotopic (exact) mass is 438 g/mol. The van der Waals surface area contributed by atoms with E-state index in [2.05, 4.69) is 5.32 Å². The van der Waals surface area contributed by atoms with Crippen LogP contribution in [0.2, 0.25) is 0 Å². The van der Waals surface area contributed by atoms with E-state index in [4.69, 9.17) is 11.6 Å². The third kappa shape index (κ3) is 4.33. The topological polar surface area (TPSA) is 54.3 Å². The number of nitrogens with one attached hydrogen (secondary N) is 1. The van der Waals surface area contributed by atoms with Crippen molar-refractivity contribution in [2.45, 2.75) is 35.8 Å². The highest BCUT2D eigenvalue weighted by Crippen LogP contribution is 2.41.